The summed E-state index contributed by atoms with van der Waals surface area (Å²) in [7, 11) is 2.99. The number of benzene rings is 2. The number of nitrogens with zero attached hydrogens (tertiary/aromatic N) is 2. The predicted octanol–water partition coefficient (Wildman–Crippen LogP) is 2.83. The molecule has 1 amide bonds. The molecular formula is C20H18ClN3O4. The lowest BCUT2D eigenvalue weighted by atomic mass is 10.2. The van der Waals surface area contributed by atoms with Crippen LogP contribution in [0.25, 0.3) is 5.69 Å². The molecule has 1 heterocycles. The molecule has 0 unspecified atom stereocenters. The van der Waals surface area contributed by atoms with Gasteiger partial charge >= 0.3 is 0 Å². The van der Waals surface area contributed by atoms with Crippen LogP contribution >= 0.6 is 11.6 Å². The third kappa shape index (κ3) is 4.32. The van der Waals surface area contributed by atoms with Crippen molar-refractivity contribution in [2.75, 3.05) is 14.2 Å². The van der Waals surface area contributed by atoms with Crippen LogP contribution < -0.4 is 20.2 Å². The average molecular weight is 400 g/mol. The first-order chi connectivity index (χ1) is 13.5. The van der Waals surface area contributed by atoms with E-state index in [1.165, 1.54) is 17.9 Å². The van der Waals surface area contributed by atoms with E-state index in [1.807, 2.05) is 6.07 Å². The van der Waals surface area contributed by atoms with Gasteiger partial charge in [0.15, 0.2) is 5.69 Å². The monoisotopic (exact) mass is 399 g/mol. The molecule has 0 aliphatic carbocycles. The Hall–Kier alpha value is -3.32. The van der Waals surface area contributed by atoms with Crippen LogP contribution in [-0.2, 0) is 6.54 Å². The number of carbonyl (C=O) groups is 1. The fourth-order valence-electron chi connectivity index (χ4n) is 2.56. The van der Waals surface area contributed by atoms with Crippen molar-refractivity contribution in [1.29, 1.82) is 0 Å². The van der Waals surface area contributed by atoms with Crippen LogP contribution in [0.4, 0.5) is 0 Å². The molecule has 28 heavy (non-hydrogen) atoms. The number of hydrogen-bond acceptors (Lipinski definition) is 5. The van der Waals surface area contributed by atoms with E-state index in [0.717, 1.165) is 5.56 Å². The van der Waals surface area contributed by atoms with Crippen LogP contribution in [0.15, 0.2) is 59.4 Å². The maximum Gasteiger partial charge on any atom is 0.276 e. The average Bonchev–Trinajstić information content (AvgIpc) is 2.72. The highest BCUT2D eigenvalue weighted by molar-refractivity contribution is 6.30. The van der Waals surface area contributed by atoms with Gasteiger partial charge in [-0.05, 0) is 42.0 Å². The summed E-state index contributed by atoms with van der Waals surface area (Å²) in [6.07, 6.45) is 0. The van der Waals surface area contributed by atoms with Gasteiger partial charge in [-0.1, -0.05) is 23.7 Å². The molecule has 0 aliphatic heterocycles. The predicted molar refractivity (Wildman–Crippen MR) is 106 cm³/mol. The van der Waals surface area contributed by atoms with Gasteiger partial charge in [0, 0.05) is 11.6 Å². The zero-order chi connectivity index (χ0) is 20.1. The number of amides is 1. The van der Waals surface area contributed by atoms with Gasteiger partial charge in [0.1, 0.15) is 5.75 Å². The largest absolute Gasteiger partial charge is 0.497 e. The Kier molecular flexibility index (Phi) is 5.96. The van der Waals surface area contributed by atoms with Gasteiger partial charge < -0.3 is 14.8 Å². The summed E-state index contributed by atoms with van der Waals surface area (Å²) >= 11 is 5.94. The van der Waals surface area contributed by atoms with E-state index in [0.29, 0.717) is 16.5 Å². The number of aromatic nitrogens is 2. The summed E-state index contributed by atoms with van der Waals surface area (Å²) in [6, 6.07) is 15.3. The van der Waals surface area contributed by atoms with Crippen LogP contribution in [0.1, 0.15) is 16.1 Å². The molecule has 0 spiro atoms. The fourth-order valence-corrected chi connectivity index (χ4v) is 2.78. The summed E-state index contributed by atoms with van der Waals surface area (Å²) in [5.41, 5.74) is 0.648. The Morgan fingerprint density at radius 1 is 1.11 bits per heavy atom. The minimum Gasteiger partial charge on any atom is -0.497 e. The lowest BCUT2D eigenvalue weighted by Gasteiger charge is -2.13. The number of ether oxygens (including phenoxy) is 2. The third-order valence-electron chi connectivity index (χ3n) is 3.98. The maximum absolute atomic E-state index is 12.5. The second kappa shape index (κ2) is 8.58. The highest BCUT2D eigenvalue weighted by atomic mass is 35.5. The molecule has 0 aliphatic rings. The van der Waals surface area contributed by atoms with Crippen molar-refractivity contribution in [1.82, 2.24) is 15.1 Å². The molecule has 0 bridgehead atoms. The van der Waals surface area contributed by atoms with E-state index in [9.17, 15) is 9.59 Å². The van der Waals surface area contributed by atoms with Gasteiger partial charge in [-0.2, -0.15) is 5.10 Å². The maximum atomic E-state index is 12.5. The topological polar surface area (TPSA) is 82.5 Å². The molecule has 7 nitrogen and oxygen atoms in total. The summed E-state index contributed by atoms with van der Waals surface area (Å²) in [6.45, 7) is 0.217. The molecule has 8 heteroatoms. The van der Waals surface area contributed by atoms with Crippen LogP contribution in [-0.4, -0.2) is 29.9 Å². The first kappa shape index (κ1) is 19.4. The van der Waals surface area contributed by atoms with Crippen LogP contribution in [0.5, 0.6) is 11.6 Å². The van der Waals surface area contributed by atoms with Crippen molar-refractivity contribution >= 4 is 17.5 Å². The Bertz CT molecular complexity index is 1050. The van der Waals surface area contributed by atoms with Crippen molar-refractivity contribution in [3.8, 4) is 17.3 Å². The van der Waals surface area contributed by atoms with E-state index < -0.39 is 11.3 Å². The van der Waals surface area contributed by atoms with E-state index in [4.69, 9.17) is 21.1 Å². The zero-order valence-corrected chi connectivity index (χ0v) is 16.1. The van der Waals surface area contributed by atoms with Gasteiger partial charge in [-0.15, -0.1) is 0 Å². The lowest BCUT2D eigenvalue weighted by molar-refractivity contribution is 0.0942. The van der Waals surface area contributed by atoms with Crippen molar-refractivity contribution in [3.63, 3.8) is 0 Å². The first-order valence-corrected chi connectivity index (χ1v) is 8.75. The van der Waals surface area contributed by atoms with Crippen LogP contribution in [0, 0.1) is 0 Å². The second-order valence-corrected chi connectivity index (χ2v) is 6.26. The second-order valence-electron chi connectivity index (χ2n) is 5.82. The summed E-state index contributed by atoms with van der Waals surface area (Å²) in [5.74, 6) is 0.291. The molecule has 0 atom stereocenters. The van der Waals surface area contributed by atoms with Crippen LogP contribution in [0.3, 0.4) is 0 Å². The number of halogens is 1. The van der Waals surface area contributed by atoms with E-state index in [2.05, 4.69) is 10.4 Å². The minimum absolute atomic E-state index is 0.210. The molecule has 0 fully saturated rings. The van der Waals surface area contributed by atoms with Crippen molar-refractivity contribution in [2.24, 2.45) is 0 Å². The summed E-state index contributed by atoms with van der Waals surface area (Å²) < 4.78 is 11.8. The number of methoxy groups -OCH3 is 2. The lowest BCUT2D eigenvalue weighted by Crippen LogP contribution is -2.31. The van der Waals surface area contributed by atoms with Crippen molar-refractivity contribution in [2.45, 2.75) is 6.54 Å². The standard InChI is InChI=1S/C20H18ClN3O4/c1-27-16-8-6-15(7-9-16)24-18(28-2)11-17(25)19(23-24)20(26)22-12-13-4-3-5-14(21)10-13/h3-11H,12H2,1-2H3,(H,22,26). The minimum atomic E-state index is -0.588. The van der Waals surface area contributed by atoms with Gasteiger partial charge in [-0.3, -0.25) is 9.59 Å². The van der Waals surface area contributed by atoms with E-state index in [1.54, 1.807) is 49.6 Å². The SMILES string of the molecule is COc1ccc(-n2nc(C(=O)NCc3cccc(Cl)c3)c(=O)cc2OC)cc1. The Labute approximate surface area is 166 Å². The van der Waals surface area contributed by atoms with Crippen molar-refractivity contribution in [3.05, 3.63) is 81.1 Å². The van der Waals surface area contributed by atoms with Gasteiger partial charge in [0.05, 0.1) is 26.0 Å². The van der Waals surface area contributed by atoms with Crippen LogP contribution in [0.2, 0.25) is 5.02 Å². The van der Waals surface area contributed by atoms with E-state index in [-0.39, 0.29) is 18.1 Å². The molecule has 144 valence electrons. The Morgan fingerprint density at radius 3 is 2.50 bits per heavy atom. The first-order valence-electron chi connectivity index (χ1n) is 8.37. The highest BCUT2D eigenvalue weighted by Gasteiger charge is 2.17. The molecule has 3 aromatic rings. The number of hydrogen-bond donors (Lipinski definition) is 1. The molecular weight excluding hydrogens is 382 g/mol. The Morgan fingerprint density at radius 2 is 1.86 bits per heavy atom. The molecule has 0 saturated carbocycles. The van der Waals surface area contributed by atoms with Crippen molar-refractivity contribution < 1.29 is 14.3 Å². The summed E-state index contributed by atoms with van der Waals surface area (Å²) in [4.78, 5) is 24.9. The molecule has 3 rings (SSSR count). The number of nitrogens with one attached hydrogen (secondary N) is 1. The normalized spacial score (nSPS) is 10.4. The third-order valence-corrected chi connectivity index (χ3v) is 4.22. The number of carbonyl (C=O) groups excluding carboxylic acids is 1. The number of rotatable bonds is 6. The molecule has 1 aromatic heterocycles. The van der Waals surface area contributed by atoms with Gasteiger partial charge in [0.25, 0.3) is 5.91 Å². The quantitative estimate of drug-likeness (QED) is 0.689. The smallest absolute Gasteiger partial charge is 0.276 e. The molecule has 0 radical (unpaired) electrons. The molecule has 2 aromatic carbocycles. The Balaban J connectivity index is 1.89. The molecule has 1 N–H and O–H groups in total. The highest BCUT2D eigenvalue weighted by Crippen LogP contribution is 2.18. The van der Waals surface area contributed by atoms with Gasteiger partial charge in [0.2, 0.25) is 11.3 Å². The summed E-state index contributed by atoms with van der Waals surface area (Å²) in [5, 5.41) is 7.45. The van der Waals surface area contributed by atoms with Gasteiger partial charge in [-0.25, -0.2) is 4.68 Å². The molecule has 0 saturated heterocycles. The fraction of sp³-hybridized carbons (Fsp3) is 0.150. The van der Waals surface area contributed by atoms with E-state index >= 15 is 0 Å². The zero-order valence-electron chi connectivity index (χ0n) is 15.3.